The van der Waals surface area contributed by atoms with Crippen LogP contribution in [0.25, 0.3) is 0 Å². The van der Waals surface area contributed by atoms with Crippen molar-refractivity contribution in [2.45, 2.75) is 25.9 Å². The van der Waals surface area contributed by atoms with Gasteiger partial charge in [-0.15, -0.1) is 0 Å². The highest BCUT2D eigenvalue weighted by Crippen LogP contribution is 2.12. The summed E-state index contributed by atoms with van der Waals surface area (Å²) in [5.74, 6) is 1.38. The summed E-state index contributed by atoms with van der Waals surface area (Å²) in [6.45, 7) is 5.60. The third-order valence-electron chi connectivity index (χ3n) is 4.82. The number of nitrogens with zero attached hydrogens (tertiary/aromatic N) is 3. The van der Waals surface area contributed by atoms with Crippen molar-refractivity contribution in [3.63, 3.8) is 0 Å². The first-order valence-electron chi connectivity index (χ1n) is 9.99. The molecule has 1 aliphatic heterocycles. The van der Waals surface area contributed by atoms with Crippen LogP contribution in [0.2, 0.25) is 0 Å². The van der Waals surface area contributed by atoms with Gasteiger partial charge in [-0.25, -0.2) is 0 Å². The van der Waals surface area contributed by atoms with Crippen molar-refractivity contribution in [3.05, 3.63) is 53.9 Å². The average molecular weight is 386 g/mol. The predicted molar refractivity (Wildman–Crippen MR) is 110 cm³/mol. The molecule has 0 bridgehead atoms. The first-order valence-corrected chi connectivity index (χ1v) is 9.99. The molecule has 28 heavy (non-hydrogen) atoms. The minimum Gasteiger partial charge on any atom is -0.381 e. The molecule has 1 fully saturated rings. The largest absolute Gasteiger partial charge is 0.381 e. The lowest BCUT2D eigenvalue weighted by Gasteiger charge is -2.15. The van der Waals surface area contributed by atoms with Crippen LogP contribution < -0.4 is 10.6 Å². The van der Waals surface area contributed by atoms with Crippen molar-refractivity contribution in [2.24, 2.45) is 10.9 Å². The van der Waals surface area contributed by atoms with Crippen LogP contribution >= 0.6 is 0 Å². The van der Waals surface area contributed by atoms with Crippen molar-refractivity contribution in [2.75, 3.05) is 40.0 Å². The normalized spacial score (nSPS) is 17.0. The van der Waals surface area contributed by atoms with Gasteiger partial charge in [-0.05, 0) is 30.0 Å². The summed E-state index contributed by atoms with van der Waals surface area (Å²) in [6, 6.07) is 10.3. The molecule has 152 valence electrons. The molecule has 0 spiro atoms. The lowest BCUT2D eigenvalue weighted by Crippen LogP contribution is -2.37. The van der Waals surface area contributed by atoms with E-state index in [1.165, 1.54) is 11.1 Å². The number of nitrogens with one attached hydrogen (secondary N) is 2. The van der Waals surface area contributed by atoms with Crippen LogP contribution in [-0.4, -0.2) is 55.8 Å². The average Bonchev–Trinajstić information content (AvgIpc) is 3.42. The van der Waals surface area contributed by atoms with Gasteiger partial charge in [0.15, 0.2) is 5.96 Å². The summed E-state index contributed by atoms with van der Waals surface area (Å²) in [4.78, 5) is 4.31. The highest BCUT2D eigenvalue weighted by molar-refractivity contribution is 5.79. The fraction of sp³-hybridized carbons (Fsp3) is 0.524. The number of hydrogen-bond donors (Lipinski definition) is 2. The first kappa shape index (κ1) is 20.4. The van der Waals surface area contributed by atoms with Crippen LogP contribution in [0.15, 0.2) is 47.7 Å². The van der Waals surface area contributed by atoms with E-state index in [0.717, 1.165) is 64.9 Å². The zero-order valence-corrected chi connectivity index (χ0v) is 16.6. The molecule has 1 aliphatic rings. The van der Waals surface area contributed by atoms with E-state index in [2.05, 4.69) is 45.0 Å². The molecule has 7 nitrogen and oxygen atoms in total. The van der Waals surface area contributed by atoms with Crippen molar-refractivity contribution >= 4 is 5.96 Å². The lowest BCUT2D eigenvalue weighted by molar-refractivity contribution is 0.0888. The molecule has 7 heteroatoms. The Bertz CT molecular complexity index is 711. The summed E-state index contributed by atoms with van der Waals surface area (Å²) in [5, 5.41) is 11.0. The number of aromatic nitrogens is 2. The number of aliphatic imine (C=N–C) groups is 1. The number of ether oxygens (including phenoxy) is 2. The van der Waals surface area contributed by atoms with Crippen molar-refractivity contribution < 1.29 is 9.47 Å². The Balaban J connectivity index is 1.36. The Hall–Kier alpha value is -2.38. The summed E-state index contributed by atoms with van der Waals surface area (Å²) in [7, 11) is 1.79. The van der Waals surface area contributed by atoms with Crippen LogP contribution in [0.4, 0.5) is 0 Å². The fourth-order valence-electron chi connectivity index (χ4n) is 3.20. The van der Waals surface area contributed by atoms with Gasteiger partial charge in [-0.1, -0.05) is 24.3 Å². The molecular weight excluding hydrogens is 354 g/mol. The lowest BCUT2D eigenvalue weighted by atomic mass is 10.1. The van der Waals surface area contributed by atoms with Crippen LogP contribution in [0.3, 0.4) is 0 Å². The van der Waals surface area contributed by atoms with Crippen LogP contribution in [0.1, 0.15) is 24.0 Å². The summed E-state index contributed by atoms with van der Waals surface area (Å²) >= 11 is 0. The SMILES string of the molecule is CN=C(NCCCOCC1CCOC1)NCc1ccccc1Cn1cccn1. The molecule has 1 atom stereocenters. The van der Waals surface area contributed by atoms with Gasteiger partial charge in [0.1, 0.15) is 0 Å². The second-order valence-corrected chi connectivity index (χ2v) is 6.98. The summed E-state index contributed by atoms with van der Waals surface area (Å²) in [6.07, 6.45) is 5.85. The van der Waals surface area contributed by atoms with Gasteiger partial charge < -0.3 is 20.1 Å². The zero-order valence-electron chi connectivity index (χ0n) is 16.6. The van der Waals surface area contributed by atoms with Crippen LogP contribution in [0, 0.1) is 5.92 Å². The Morgan fingerprint density at radius 3 is 2.93 bits per heavy atom. The van der Waals surface area contributed by atoms with Crippen molar-refractivity contribution in [3.8, 4) is 0 Å². The molecule has 1 aromatic heterocycles. The summed E-state index contributed by atoms with van der Waals surface area (Å²) < 4.78 is 13.0. The molecule has 0 saturated carbocycles. The third-order valence-corrected chi connectivity index (χ3v) is 4.82. The molecule has 0 radical (unpaired) electrons. The molecule has 0 amide bonds. The Morgan fingerprint density at radius 2 is 2.18 bits per heavy atom. The van der Waals surface area contributed by atoms with Gasteiger partial charge in [0, 0.05) is 51.7 Å². The Labute approximate surface area is 167 Å². The van der Waals surface area contributed by atoms with E-state index in [-0.39, 0.29) is 0 Å². The second-order valence-electron chi connectivity index (χ2n) is 6.98. The third kappa shape index (κ3) is 6.65. The molecule has 0 aliphatic carbocycles. The first-order chi connectivity index (χ1) is 13.8. The van der Waals surface area contributed by atoms with Gasteiger partial charge in [0.25, 0.3) is 0 Å². The number of rotatable bonds is 10. The Kier molecular flexibility index (Phi) is 8.33. The van der Waals surface area contributed by atoms with Gasteiger partial charge in [-0.3, -0.25) is 9.67 Å². The molecule has 3 rings (SSSR count). The number of benzene rings is 1. The van der Waals surface area contributed by atoms with E-state index in [1.807, 2.05) is 16.9 Å². The van der Waals surface area contributed by atoms with Crippen LogP contribution in [0.5, 0.6) is 0 Å². The smallest absolute Gasteiger partial charge is 0.191 e. The number of guanidine groups is 1. The second kappa shape index (κ2) is 11.5. The molecule has 1 unspecified atom stereocenters. The highest BCUT2D eigenvalue weighted by atomic mass is 16.5. The van der Waals surface area contributed by atoms with E-state index in [0.29, 0.717) is 5.92 Å². The van der Waals surface area contributed by atoms with E-state index in [1.54, 1.807) is 13.2 Å². The summed E-state index contributed by atoms with van der Waals surface area (Å²) in [5.41, 5.74) is 2.49. The molecule has 2 aromatic rings. The zero-order chi connectivity index (χ0) is 19.4. The Morgan fingerprint density at radius 1 is 1.29 bits per heavy atom. The maximum atomic E-state index is 5.74. The van der Waals surface area contributed by atoms with E-state index in [4.69, 9.17) is 9.47 Å². The number of hydrogen-bond acceptors (Lipinski definition) is 4. The maximum Gasteiger partial charge on any atom is 0.191 e. The predicted octanol–water partition coefficient (Wildman–Crippen LogP) is 2.04. The van der Waals surface area contributed by atoms with Gasteiger partial charge >= 0.3 is 0 Å². The van der Waals surface area contributed by atoms with Crippen molar-refractivity contribution in [1.82, 2.24) is 20.4 Å². The topological polar surface area (TPSA) is 72.7 Å². The molecule has 1 aromatic carbocycles. The van der Waals surface area contributed by atoms with Crippen molar-refractivity contribution in [1.29, 1.82) is 0 Å². The highest BCUT2D eigenvalue weighted by Gasteiger charge is 2.15. The molecule has 2 N–H and O–H groups in total. The van der Waals surface area contributed by atoms with E-state index in [9.17, 15) is 0 Å². The van der Waals surface area contributed by atoms with Crippen LogP contribution in [-0.2, 0) is 22.6 Å². The van der Waals surface area contributed by atoms with Gasteiger partial charge in [-0.2, -0.15) is 5.10 Å². The standard InChI is InChI=1S/C21H31N5O2/c1-22-21(23-9-5-12-27-16-18-8-13-28-17-18)24-14-19-6-2-3-7-20(19)15-26-11-4-10-25-26/h2-4,6-7,10-11,18H,5,8-9,12-17H2,1H3,(H2,22,23,24). The van der Waals surface area contributed by atoms with Gasteiger partial charge in [0.05, 0.1) is 19.8 Å². The minimum atomic E-state index is 0.573. The quantitative estimate of drug-likeness (QED) is 0.372. The van der Waals surface area contributed by atoms with E-state index >= 15 is 0 Å². The monoisotopic (exact) mass is 385 g/mol. The minimum absolute atomic E-state index is 0.573. The molecular formula is C21H31N5O2. The van der Waals surface area contributed by atoms with E-state index < -0.39 is 0 Å². The molecule has 2 heterocycles. The fourth-order valence-corrected chi connectivity index (χ4v) is 3.20. The molecule has 1 saturated heterocycles. The van der Waals surface area contributed by atoms with Gasteiger partial charge in [0.2, 0.25) is 0 Å². The maximum absolute atomic E-state index is 5.74.